The molecule has 2 aromatic rings. The number of likely N-dealkylation sites (N-methyl/N-ethyl adjacent to an activating group) is 1. The average Bonchev–Trinajstić information content (AvgIpc) is 2.69. The van der Waals surface area contributed by atoms with Gasteiger partial charge in [-0.3, -0.25) is 0 Å². The van der Waals surface area contributed by atoms with Crippen LogP contribution in [-0.2, 0) is 6.42 Å². The monoisotopic (exact) mass is 387 g/mol. The Morgan fingerprint density at radius 1 is 1.22 bits per heavy atom. The number of hydrogen-bond acceptors (Lipinski definition) is 2. The Balaban J connectivity index is 2.16. The summed E-state index contributed by atoms with van der Waals surface area (Å²) < 4.78 is 2.29. The lowest BCUT2D eigenvalue weighted by molar-refractivity contribution is 0.602. The van der Waals surface area contributed by atoms with Gasteiger partial charge >= 0.3 is 0 Å². The number of aryl methyl sites for hydroxylation is 1. The van der Waals surface area contributed by atoms with Gasteiger partial charge in [-0.15, -0.1) is 11.3 Å². The fourth-order valence-electron chi connectivity index (χ4n) is 1.84. The molecule has 0 spiro atoms. The molecule has 0 amide bonds. The van der Waals surface area contributed by atoms with Gasteiger partial charge in [-0.05, 0) is 63.9 Å². The van der Waals surface area contributed by atoms with Crippen molar-refractivity contribution < 1.29 is 0 Å². The molecule has 1 heterocycles. The summed E-state index contributed by atoms with van der Waals surface area (Å²) in [7, 11) is 2.01. The number of rotatable bonds is 4. The molecule has 0 saturated heterocycles. The molecule has 18 heavy (non-hydrogen) atoms. The molecule has 0 aliphatic heterocycles. The Hall–Kier alpha value is -0.160. The van der Waals surface area contributed by atoms with Gasteiger partial charge in [0.25, 0.3) is 0 Å². The largest absolute Gasteiger partial charge is 0.312 e. The van der Waals surface area contributed by atoms with Crippen LogP contribution < -0.4 is 5.32 Å². The molecule has 1 aromatic carbocycles. The molecular formula is C14H15Br2NS. The smallest absolute Gasteiger partial charge is 0.0843 e. The zero-order chi connectivity index (χ0) is 13.1. The maximum absolute atomic E-state index is 3.55. The van der Waals surface area contributed by atoms with Crippen LogP contribution in [0.5, 0.6) is 0 Å². The third-order valence-corrected chi connectivity index (χ3v) is 6.29. The van der Waals surface area contributed by atoms with Gasteiger partial charge in [0.2, 0.25) is 0 Å². The van der Waals surface area contributed by atoms with Gasteiger partial charge in [0.1, 0.15) is 0 Å². The molecule has 1 nitrogen and oxygen atoms in total. The lowest BCUT2D eigenvalue weighted by Crippen LogP contribution is -2.17. The van der Waals surface area contributed by atoms with Gasteiger partial charge in [-0.1, -0.05) is 29.8 Å². The zero-order valence-corrected chi connectivity index (χ0v) is 14.3. The van der Waals surface area contributed by atoms with Gasteiger partial charge in [-0.2, -0.15) is 0 Å². The summed E-state index contributed by atoms with van der Waals surface area (Å²) in [5, 5.41) is 3.39. The molecule has 4 heteroatoms. The standard InChI is InChI=1S/C14H15Br2NS/c1-9-3-5-10(6-4-9)7-12(17-2)13-8-11(15)14(16)18-13/h3-6,8,12,17H,7H2,1-2H3. The van der Waals surface area contributed by atoms with Gasteiger partial charge in [-0.25, -0.2) is 0 Å². The van der Waals surface area contributed by atoms with Crippen molar-refractivity contribution in [3.8, 4) is 0 Å². The van der Waals surface area contributed by atoms with Crippen molar-refractivity contribution in [2.24, 2.45) is 0 Å². The SMILES string of the molecule is CNC(Cc1ccc(C)cc1)c1cc(Br)c(Br)s1. The highest BCUT2D eigenvalue weighted by atomic mass is 79.9. The van der Waals surface area contributed by atoms with Crippen LogP contribution in [0.1, 0.15) is 22.0 Å². The van der Waals surface area contributed by atoms with E-state index in [4.69, 9.17) is 0 Å². The molecule has 1 unspecified atom stereocenters. The van der Waals surface area contributed by atoms with Crippen molar-refractivity contribution >= 4 is 43.2 Å². The summed E-state index contributed by atoms with van der Waals surface area (Å²) in [4.78, 5) is 1.34. The third-order valence-electron chi connectivity index (χ3n) is 2.92. The van der Waals surface area contributed by atoms with Gasteiger partial charge in [0.05, 0.1) is 3.79 Å². The van der Waals surface area contributed by atoms with Gasteiger partial charge in [0.15, 0.2) is 0 Å². The highest BCUT2D eigenvalue weighted by molar-refractivity contribution is 9.13. The van der Waals surface area contributed by atoms with Crippen LogP contribution in [-0.4, -0.2) is 7.05 Å². The molecule has 0 radical (unpaired) electrons. The van der Waals surface area contributed by atoms with Crippen molar-refractivity contribution in [2.45, 2.75) is 19.4 Å². The maximum Gasteiger partial charge on any atom is 0.0843 e. The van der Waals surface area contributed by atoms with E-state index in [1.54, 1.807) is 11.3 Å². The Bertz CT molecular complexity index is 500. The molecule has 1 N–H and O–H groups in total. The van der Waals surface area contributed by atoms with Gasteiger partial charge in [0, 0.05) is 15.4 Å². The Kier molecular flexibility index (Phi) is 5.01. The van der Waals surface area contributed by atoms with Crippen molar-refractivity contribution in [1.82, 2.24) is 5.32 Å². The second-order valence-electron chi connectivity index (χ2n) is 4.30. The minimum absolute atomic E-state index is 0.361. The molecular weight excluding hydrogens is 374 g/mol. The topological polar surface area (TPSA) is 12.0 Å². The normalized spacial score (nSPS) is 12.7. The molecule has 0 aliphatic carbocycles. The summed E-state index contributed by atoms with van der Waals surface area (Å²) in [6.07, 6.45) is 1.01. The van der Waals surface area contributed by atoms with E-state index in [1.807, 2.05) is 7.05 Å². The van der Waals surface area contributed by atoms with Crippen LogP contribution in [0, 0.1) is 6.92 Å². The Morgan fingerprint density at radius 3 is 2.39 bits per heavy atom. The number of thiophene rings is 1. The molecule has 0 saturated carbocycles. The van der Waals surface area contributed by atoms with E-state index >= 15 is 0 Å². The van der Waals surface area contributed by atoms with Crippen molar-refractivity contribution in [1.29, 1.82) is 0 Å². The van der Waals surface area contributed by atoms with E-state index in [2.05, 4.69) is 74.4 Å². The van der Waals surface area contributed by atoms with E-state index in [0.29, 0.717) is 6.04 Å². The number of nitrogens with one attached hydrogen (secondary N) is 1. The lowest BCUT2D eigenvalue weighted by atomic mass is 10.0. The predicted octanol–water partition coefficient (Wildman–Crippen LogP) is 5.08. The first-order valence-electron chi connectivity index (χ1n) is 5.77. The highest BCUT2D eigenvalue weighted by Gasteiger charge is 2.14. The minimum Gasteiger partial charge on any atom is -0.312 e. The van der Waals surface area contributed by atoms with Crippen LogP contribution in [0.15, 0.2) is 38.6 Å². The zero-order valence-electron chi connectivity index (χ0n) is 10.3. The fourth-order valence-corrected chi connectivity index (χ4v) is 4.04. The molecule has 0 fully saturated rings. The van der Waals surface area contributed by atoms with E-state index in [1.165, 1.54) is 16.0 Å². The first-order valence-corrected chi connectivity index (χ1v) is 8.18. The first-order chi connectivity index (χ1) is 8.60. The average molecular weight is 389 g/mol. The van der Waals surface area contributed by atoms with Gasteiger partial charge < -0.3 is 5.32 Å². The summed E-state index contributed by atoms with van der Waals surface area (Å²) in [5.74, 6) is 0. The third kappa shape index (κ3) is 3.44. The second-order valence-corrected chi connectivity index (χ2v) is 7.56. The van der Waals surface area contributed by atoms with E-state index in [9.17, 15) is 0 Å². The van der Waals surface area contributed by atoms with Crippen LogP contribution in [0.3, 0.4) is 0 Å². The summed E-state index contributed by atoms with van der Waals surface area (Å²) in [6, 6.07) is 11.3. The highest BCUT2D eigenvalue weighted by Crippen LogP contribution is 2.36. The fraction of sp³-hybridized carbons (Fsp3) is 0.286. The van der Waals surface area contributed by atoms with Crippen LogP contribution in [0.25, 0.3) is 0 Å². The molecule has 0 bridgehead atoms. The lowest BCUT2D eigenvalue weighted by Gasteiger charge is -2.14. The van der Waals surface area contributed by atoms with Crippen molar-refractivity contribution in [2.75, 3.05) is 7.05 Å². The molecule has 1 aromatic heterocycles. The molecule has 2 rings (SSSR count). The van der Waals surface area contributed by atoms with Crippen molar-refractivity contribution in [3.05, 3.63) is 54.6 Å². The quantitative estimate of drug-likeness (QED) is 0.769. The van der Waals surface area contributed by atoms with Crippen LogP contribution >= 0.6 is 43.2 Å². The summed E-state index contributed by atoms with van der Waals surface area (Å²) in [5.41, 5.74) is 2.67. The minimum atomic E-state index is 0.361. The predicted molar refractivity (Wildman–Crippen MR) is 86.4 cm³/mol. The first kappa shape index (κ1) is 14.3. The second kappa shape index (κ2) is 6.33. The molecule has 1 atom stereocenters. The van der Waals surface area contributed by atoms with Crippen LogP contribution in [0.2, 0.25) is 0 Å². The number of benzene rings is 1. The van der Waals surface area contributed by atoms with E-state index in [-0.39, 0.29) is 0 Å². The summed E-state index contributed by atoms with van der Waals surface area (Å²) in [6.45, 7) is 2.12. The maximum atomic E-state index is 3.55. The Morgan fingerprint density at radius 2 is 1.89 bits per heavy atom. The number of hydrogen-bond donors (Lipinski definition) is 1. The van der Waals surface area contributed by atoms with E-state index in [0.717, 1.165) is 14.7 Å². The number of halogens is 2. The Labute approximate surface area is 129 Å². The molecule has 96 valence electrons. The summed E-state index contributed by atoms with van der Waals surface area (Å²) >= 11 is 8.87. The van der Waals surface area contributed by atoms with Crippen molar-refractivity contribution in [3.63, 3.8) is 0 Å². The van der Waals surface area contributed by atoms with Crippen LogP contribution in [0.4, 0.5) is 0 Å². The van der Waals surface area contributed by atoms with E-state index < -0.39 is 0 Å². The molecule has 0 aliphatic rings.